The smallest absolute Gasteiger partial charge is 0.256 e. The first-order chi connectivity index (χ1) is 11.5. The average Bonchev–Trinajstić information content (AvgIpc) is 2.59. The van der Waals surface area contributed by atoms with Gasteiger partial charge in [0.05, 0.1) is 17.9 Å². The van der Waals surface area contributed by atoms with E-state index in [0.29, 0.717) is 36.6 Å². The third-order valence-corrected chi connectivity index (χ3v) is 3.78. The first kappa shape index (κ1) is 20.0. The fourth-order valence-corrected chi connectivity index (χ4v) is 2.33. The summed E-state index contributed by atoms with van der Waals surface area (Å²) in [4.78, 5) is 12.7. The molecule has 0 bridgehead atoms. The summed E-state index contributed by atoms with van der Waals surface area (Å²) in [5, 5.41) is 12.2. The van der Waals surface area contributed by atoms with Gasteiger partial charge in [0.2, 0.25) is 0 Å². The second kappa shape index (κ2) is 9.94. The van der Waals surface area contributed by atoms with E-state index in [1.165, 1.54) is 0 Å². The predicted molar refractivity (Wildman–Crippen MR) is 95.1 cm³/mol. The summed E-state index contributed by atoms with van der Waals surface area (Å²) in [6.07, 6.45) is 3.39. The standard InChI is InChI=1S/C19H28N2O3/c1-5-8-11-19(4,24-12-6-2)18(22)21-17-10-9-16(23-7-3)13-15(17)14-20/h9-10,13H,5-8,11-12H2,1-4H3,(H,21,22)/t19-/m0/s1. The highest BCUT2D eigenvalue weighted by Gasteiger charge is 2.33. The largest absolute Gasteiger partial charge is 0.494 e. The van der Waals surface area contributed by atoms with Crippen molar-refractivity contribution in [3.8, 4) is 11.8 Å². The van der Waals surface area contributed by atoms with Gasteiger partial charge in [0.25, 0.3) is 5.91 Å². The second-order valence-corrected chi connectivity index (χ2v) is 5.89. The summed E-state index contributed by atoms with van der Waals surface area (Å²) in [5.41, 5.74) is -0.0337. The lowest BCUT2D eigenvalue weighted by atomic mass is 9.97. The van der Waals surface area contributed by atoms with Gasteiger partial charge >= 0.3 is 0 Å². The zero-order valence-corrected chi connectivity index (χ0v) is 15.1. The molecule has 0 aromatic heterocycles. The van der Waals surface area contributed by atoms with E-state index >= 15 is 0 Å². The number of nitriles is 1. The first-order valence-electron chi connectivity index (χ1n) is 8.63. The number of hydrogen-bond donors (Lipinski definition) is 1. The molecule has 0 aliphatic rings. The number of hydrogen-bond acceptors (Lipinski definition) is 4. The van der Waals surface area contributed by atoms with E-state index in [1.54, 1.807) is 18.2 Å². The molecule has 132 valence electrons. The molecule has 0 unspecified atom stereocenters. The van der Waals surface area contributed by atoms with Gasteiger partial charge in [0.1, 0.15) is 17.4 Å². The normalized spacial score (nSPS) is 13.0. The minimum absolute atomic E-state index is 0.218. The molecule has 1 aromatic rings. The van der Waals surface area contributed by atoms with Crippen LogP contribution in [-0.4, -0.2) is 24.7 Å². The van der Waals surface area contributed by atoms with E-state index < -0.39 is 5.60 Å². The number of nitrogens with zero attached hydrogens (tertiary/aromatic N) is 1. The molecular formula is C19H28N2O3. The fraction of sp³-hybridized carbons (Fsp3) is 0.579. The molecule has 5 heteroatoms. The van der Waals surface area contributed by atoms with E-state index in [-0.39, 0.29) is 5.91 Å². The highest BCUT2D eigenvalue weighted by molar-refractivity contribution is 5.98. The van der Waals surface area contributed by atoms with Crippen molar-refractivity contribution in [2.45, 2.75) is 59.0 Å². The maximum Gasteiger partial charge on any atom is 0.256 e. The maximum atomic E-state index is 12.7. The minimum Gasteiger partial charge on any atom is -0.494 e. The molecule has 1 aromatic carbocycles. The third-order valence-electron chi connectivity index (χ3n) is 3.78. The molecule has 1 N–H and O–H groups in total. The van der Waals surface area contributed by atoms with E-state index in [1.807, 2.05) is 20.8 Å². The topological polar surface area (TPSA) is 71.3 Å². The Labute approximate surface area is 145 Å². The van der Waals surface area contributed by atoms with Crippen molar-refractivity contribution in [3.05, 3.63) is 23.8 Å². The molecule has 0 heterocycles. The monoisotopic (exact) mass is 332 g/mol. The van der Waals surface area contributed by atoms with Crippen molar-refractivity contribution in [3.63, 3.8) is 0 Å². The van der Waals surface area contributed by atoms with Gasteiger partial charge in [-0.2, -0.15) is 5.26 Å². The summed E-state index contributed by atoms with van der Waals surface area (Å²) in [7, 11) is 0. The Bertz CT molecular complexity index is 570. The van der Waals surface area contributed by atoms with Gasteiger partial charge in [0, 0.05) is 6.61 Å². The molecule has 5 nitrogen and oxygen atoms in total. The Balaban J connectivity index is 2.95. The van der Waals surface area contributed by atoms with Gasteiger partial charge in [-0.3, -0.25) is 4.79 Å². The van der Waals surface area contributed by atoms with Gasteiger partial charge in [-0.1, -0.05) is 26.7 Å². The Kier molecular flexibility index (Phi) is 8.28. The fourth-order valence-electron chi connectivity index (χ4n) is 2.33. The molecule has 0 saturated carbocycles. The van der Waals surface area contributed by atoms with Crippen molar-refractivity contribution < 1.29 is 14.3 Å². The van der Waals surface area contributed by atoms with E-state index in [2.05, 4.69) is 18.3 Å². The quantitative estimate of drug-likeness (QED) is 0.694. The zero-order valence-electron chi connectivity index (χ0n) is 15.1. The number of anilines is 1. The maximum absolute atomic E-state index is 12.7. The molecule has 1 atom stereocenters. The summed E-state index contributed by atoms with van der Waals surface area (Å²) in [5.74, 6) is 0.396. The van der Waals surface area contributed by atoms with Gasteiger partial charge in [0.15, 0.2) is 0 Å². The van der Waals surface area contributed by atoms with Crippen molar-refractivity contribution in [1.82, 2.24) is 0 Å². The number of carbonyl (C=O) groups excluding carboxylic acids is 1. The van der Waals surface area contributed by atoms with Crippen LogP contribution < -0.4 is 10.1 Å². The van der Waals surface area contributed by atoms with Gasteiger partial charge in [-0.25, -0.2) is 0 Å². The van der Waals surface area contributed by atoms with Gasteiger partial charge < -0.3 is 14.8 Å². The number of nitrogens with one attached hydrogen (secondary N) is 1. The van der Waals surface area contributed by atoms with E-state index in [0.717, 1.165) is 19.3 Å². The van der Waals surface area contributed by atoms with Crippen LogP contribution in [0.1, 0.15) is 58.9 Å². The van der Waals surface area contributed by atoms with Crippen molar-refractivity contribution >= 4 is 11.6 Å². The molecule has 24 heavy (non-hydrogen) atoms. The molecule has 0 saturated heterocycles. The number of amides is 1. The third kappa shape index (κ3) is 5.54. The summed E-state index contributed by atoms with van der Waals surface area (Å²) in [6, 6.07) is 7.18. The molecule has 0 spiro atoms. The Hall–Kier alpha value is -2.06. The number of rotatable bonds is 10. The van der Waals surface area contributed by atoms with Crippen LogP contribution in [0.25, 0.3) is 0 Å². The highest BCUT2D eigenvalue weighted by atomic mass is 16.5. The van der Waals surface area contributed by atoms with Gasteiger partial charge in [-0.05, 0) is 44.9 Å². The minimum atomic E-state index is -0.892. The molecule has 1 rings (SSSR count). The van der Waals surface area contributed by atoms with Crippen LogP contribution in [0, 0.1) is 11.3 Å². The van der Waals surface area contributed by atoms with Crippen LogP contribution in [0.4, 0.5) is 5.69 Å². The van der Waals surface area contributed by atoms with Crippen LogP contribution in [0.15, 0.2) is 18.2 Å². The summed E-state index contributed by atoms with van der Waals surface area (Å²) in [6.45, 7) is 8.84. The first-order valence-corrected chi connectivity index (χ1v) is 8.63. The number of carbonyl (C=O) groups is 1. The number of unbranched alkanes of at least 4 members (excludes halogenated alkanes) is 1. The molecule has 0 aliphatic heterocycles. The Morgan fingerprint density at radius 1 is 1.29 bits per heavy atom. The van der Waals surface area contributed by atoms with Crippen molar-refractivity contribution in [2.75, 3.05) is 18.5 Å². The highest BCUT2D eigenvalue weighted by Crippen LogP contribution is 2.25. The lowest BCUT2D eigenvalue weighted by molar-refractivity contribution is -0.140. The van der Waals surface area contributed by atoms with Gasteiger partial charge in [-0.15, -0.1) is 0 Å². The lowest BCUT2D eigenvalue weighted by Gasteiger charge is -2.29. The second-order valence-electron chi connectivity index (χ2n) is 5.89. The molecule has 1 amide bonds. The number of benzene rings is 1. The predicted octanol–water partition coefficient (Wildman–Crippen LogP) is 4.27. The van der Waals surface area contributed by atoms with Crippen LogP contribution in [0.3, 0.4) is 0 Å². The summed E-state index contributed by atoms with van der Waals surface area (Å²) >= 11 is 0. The summed E-state index contributed by atoms with van der Waals surface area (Å²) < 4.78 is 11.2. The Morgan fingerprint density at radius 3 is 2.62 bits per heavy atom. The molecule has 0 aliphatic carbocycles. The van der Waals surface area contributed by atoms with Crippen molar-refractivity contribution in [1.29, 1.82) is 5.26 Å². The number of ether oxygens (including phenoxy) is 2. The van der Waals surface area contributed by atoms with Crippen LogP contribution in [-0.2, 0) is 9.53 Å². The van der Waals surface area contributed by atoms with Crippen LogP contribution in [0.5, 0.6) is 5.75 Å². The van der Waals surface area contributed by atoms with E-state index in [9.17, 15) is 10.1 Å². The van der Waals surface area contributed by atoms with E-state index in [4.69, 9.17) is 9.47 Å². The molecular weight excluding hydrogens is 304 g/mol. The van der Waals surface area contributed by atoms with Crippen LogP contribution >= 0.6 is 0 Å². The SMILES string of the molecule is CCCC[C@](C)(OCCC)C(=O)Nc1ccc(OCC)cc1C#N. The molecule has 0 fully saturated rings. The van der Waals surface area contributed by atoms with Crippen LogP contribution in [0.2, 0.25) is 0 Å². The Morgan fingerprint density at radius 2 is 2.04 bits per heavy atom. The lowest BCUT2D eigenvalue weighted by Crippen LogP contribution is -2.43. The van der Waals surface area contributed by atoms with Crippen molar-refractivity contribution in [2.24, 2.45) is 0 Å². The molecule has 0 radical (unpaired) electrons. The average molecular weight is 332 g/mol. The zero-order chi connectivity index (χ0) is 18.0.